The van der Waals surface area contributed by atoms with E-state index in [1.54, 1.807) is 6.07 Å². The van der Waals surface area contributed by atoms with Crippen molar-refractivity contribution in [3.8, 4) is 0 Å². The van der Waals surface area contributed by atoms with Crippen LogP contribution in [0.15, 0.2) is 48.8 Å². The third-order valence-electron chi connectivity index (χ3n) is 5.93. The maximum atomic E-state index is 13.5. The lowest BCUT2D eigenvalue weighted by atomic mass is 9.91. The van der Waals surface area contributed by atoms with E-state index in [2.05, 4.69) is 68.6 Å². The molecule has 2 unspecified atom stereocenters. The van der Waals surface area contributed by atoms with Crippen LogP contribution in [-0.2, 0) is 6.54 Å². The second-order valence-electron chi connectivity index (χ2n) is 9.11. The lowest BCUT2D eigenvalue weighted by Crippen LogP contribution is -2.38. The Bertz CT molecular complexity index is 1280. The number of hydrogen-bond donors (Lipinski definition) is 2. The highest BCUT2D eigenvalue weighted by molar-refractivity contribution is 7.22. The van der Waals surface area contributed by atoms with Crippen molar-refractivity contribution < 1.29 is 4.39 Å². The summed E-state index contributed by atoms with van der Waals surface area (Å²) in [5.41, 5.74) is 3.51. The van der Waals surface area contributed by atoms with E-state index in [-0.39, 0.29) is 5.02 Å². The minimum absolute atomic E-state index is 0.0507. The van der Waals surface area contributed by atoms with E-state index in [4.69, 9.17) is 11.6 Å². The normalized spacial score (nSPS) is 18.8. The fourth-order valence-electron chi connectivity index (χ4n) is 4.60. The molecule has 2 aromatic carbocycles. The quantitative estimate of drug-likeness (QED) is 0.304. The lowest BCUT2D eigenvalue weighted by molar-refractivity contribution is 0.134. The van der Waals surface area contributed by atoms with Gasteiger partial charge in [-0.05, 0) is 54.2 Å². The zero-order chi connectivity index (χ0) is 23.7. The number of halogens is 2. The molecule has 2 aromatic heterocycles. The average Bonchev–Trinajstić information content (AvgIpc) is 3.20. The van der Waals surface area contributed by atoms with E-state index in [0.717, 1.165) is 47.0 Å². The highest BCUT2D eigenvalue weighted by Crippen LogP contribution is 2.33. The van der Waals surface area contributed by atoms with Gasteiger partial charge >= 0.3 is 0 Å². The van der Waals surface area contributed by atoms with Crippen LogP contribution in [0.25, 0.3) is 10.3 Å². The molecule has 0 radical (unpaired) electrons. The van der Waals surface area contributed by atoms with Crippen LogP contribution in [0.3, 0.4) is 0 Å². The summed E-state index contributed by atoms with van der Waals surface area (Å²) in [4.78, 5) is 15.8. The van der Waals surface area contributed by atoms with Crippen molar-refractivity contribution in [2.45, 2.75) is 26.8 Å². The van der Waals surface area contributed by atoms with Gasteiger partial charge in [0.05, 0.1) is 5.02 Å². The summed E-state index contributed by atoms with van der Waals surface area (Å²) in [7, 11) is 0. The molecule has 0 aliphatic carbocycles. The molecule has 34 heavy (non-hydrogen) atoms. The Kier molecular flexibility index (Phi) is 6.63. The molecule has 1 aliphatic rings. The zero-order valence-electron chi connectivity index (χ0n) is 19.1. The van der Waals surface area contributed by atoms with Gasteiger partial charge in [0.1, 0.15) is 16.8 Å². The van der Waals surface area contributed by atoms with Crippen molar-refractivity contribution >= 4 is 55.6 Å². The lowest BCUT2D eigenvalue weighted by Gasteiger charge is -2.35. The first-order chi connectivity index (χ1) is 16.4. The summed E-state index contributed by atoms with van der Waals surface area (Å²) < 4.78 is 14.3. The largest absolute Gasteiger partial charge is 0.339 e. The number of likely N-dealkylation sites (tertiary alicyclic amines) is 1. The van der Waals surface area contributed by atoms with Gasteiger partial charge in [-0.25, -0.2) is 14.4 Å². The molecule has 4 aromatic rings. The van der Waals surface area contributed by atoms with Crippen LogP contribution >= 0.6 is 22.9 Å². The minimum atomic E-state index is -0.463. The number of anilines is 4. The van der Waals surface area contributed by atoms with Crippen LogP contribution in [0.2, 0.25) is 5.02 Å². The molecule has 3 heterocycles. The first kappa shape index (κ1) is 23.0. The van der Waals surface area contributed by atoms with E-state index in [1.807, 2.05) is 0 Å². The maximum Gasteiger partial charge on any atom is 0.189 e. The third kappa shape index (κ3) is 5.29. The highest BCUT2D eigenvalue weighted by Gasteiger charge is 2.21. The fourth-order valence-corrected chi connectivity index (χ4v) is 5.67. The predicted molar refractivity (Wildman–Crippen MR) is 138 cm³/mol. The molecule has 1 saturated heterocycles. The predicted octanol–water partition coefficient (Wildman–Crippen LogP) is 6.84. The van der Waals surface area contributed by atoms with Gasteiger partial charge in [0.15, 0.2) is 16.6 Å². The van der Waals surface area contributed by atoms with Crippen LogP contribution in [0.1, 0.15) is 25.8 Å². The summed E-state index contributed by atoms with van der Waals surface area (Å²) in [5, 5.41) is 7.33. The Hall–Kier alpha value is -2.81. The number of aromatic nitrogens is 3. The first-order valence-electron chi connectivity index (χ1n) is 11.3. The molecule has 1 aliphatic heterocycles. The fraction of sp³-hybridized carbons (Fsp3) is 0.320. The zero-order valence-corrected chi connectivity index (χ0v) is 20.6. The number of rotatable bonds is 6. The van der Waals surface area contributed by atoms with E-state index >= 15 is 0 Å². The van der Waals surface area contributed by atoms with Crippen molar-refractivity contribution in [2.24, 2.45) is 11.8 Å². The van der Waals surface area contributed by atoms with Crippen LogP contribution in [0.5, 0.6) is 0 Å². The topological polar surface area (TPSA) is 66.0 Å². The number of thiazole rings is 1. The van der Waals surface area contributed by atoms with Gasteiger partial charge < -0.3 is 10.6 Å². The molecular formula is C25H26ClFN6S. The summed E-state index contributed by atoms with van der Waals surface area (Å²) >= 11 is 7.35. The Labute approximate surface area is 207 Å². The van der Waals surface area contributed by atoms with Crippen LogP contribution < -0.4 is 10.6 Å². The molecule has 0 bridgehead atoms. The molecule has 1 fully saturated rings. The Balaban J connectivity index is 1.28. The summed E-state index contributed by atoms with van der Waals surface area (Å²) in [6, 6.07) is 13.0. The summed E-state index contributed by atoms with van der Waals surface area (Å²) in [6.45, 7) is 7.99. The number of benzene rings is 2. The van der Waals surface area contributed by atoms with E-state index in [0.29, 0.717) is 17.2 Å². The number of fused-ring (bicyclic) bond motifs is 1. The Morgan fingerprint density at radius 2 is 1.76 bits per heavy atom. The van der Waals surface area contributed by atoms with Gasteiger partial charge in [0.25, 0.3) is 0 Å². The molecule has 9 heteroatoms. The number of nitrogens with one attached hydrogen (secondary N) is 2. The minimum Gasteiger partial charge on any atom is -0.339 e. The van der Waals surface area contributed by atoms with Crippen molar-refractivity contribution in [1.82, 2.24) is 19.9 Å². The monoisotopic (exact) mass is 496 g/mol. The second kappa shape index (κ2) is 9.82. The Morgan fingerprint density at radius 3 is 2.50 bits per heavy atom. The van der Waals surface area contributed by atoms with Gasteiger partial charge in [-0.2, -0.15) is 4.98 Å². The molecule has 176 valence electrons. The second-order valence-corrected chi connectivity index (χ2v) is 10.5. The summed E-state index contributed by atoms with van der Waals surface area (Å²) in [6.07, 6.45) is 2.77. The van der Waals surface area contributed by atoms with Gasteiger partial charge in [-0.15, -0.1) is 0 Å². The standard InChI is InChI=1S/C25H26ClFN6S/c1-15-9-16(2)12-33(11-15)13-17-3-5-18(6-4-17)31-25-32-24-22(34-25)23(28-14-29-24)30-19-7-8-21(27)20(26)10-19/h3-8,10,14-16H,9,11-13H2,1-2H3,(H2,28,29,30,31,32). The third-order valence-corrected chi connectivity index (χ3v) is 7.19. The molecule has 2 atom stereocenters. The molecule has 0 amide bonds. The van der Waals surface area contributed by atoms with Gasteiger partial charge in [0, 0.05) is 31.0 Å². The first-order valence-corrected chi connectivity index (χ1v) is 12.5. The van der Waals surface area contributed by atoms with Gasteiger partial charge in [0.2, 0.25) is 0 Å². The van der Waals surface area contributed by atoms with Gasteiger partial charge in [-0.3, -0.25) is 4.90 Å². The van der Waals surface area contributed by atoms with E-state index in [1.165, 1.54) is 41.8 Å². The van der Waals surface area contributed by atoms with Crippen LogP contribution in [-0.4, -0.2) is 32.9 Å². The number of nitrogens with zero attached hydrogens (tertiary/aromatic N) is 4. The highest BCUT2D eigenvalue weighted by atomic mass is 35.5. The molecule has 2 N–H and O–H groups in total. The maximum absolute atomic E-state index is 13.5. The van der Waals surface area contributed by atoms with Crippen LogP contribution in [0, 0.1) is 17.7 Å². The van der Waals surface area contributed by atoms with Crippen molar-refractivity contribution in [2.75, 3.05) is 23.7 Å². The molecule has 6 nitrogen and oxygen atoms in total. The molecular weight excluding hydrogens is 471 g/mol. The van der Waals surface area contributed by atoms with Gasteiger partial charge in [-0.1, -0.05) is 48.9 Å². The smallest absolute Gasteiger partial charge is 0.189 e. The van der Waals surface area contributed by atoms with Crippen molar-refractivity contribution in [1.29, 1.82) is 0 Å². The summed E-state index contributed by atoms with van der Waals surface area (Å²) in [5.74, 6) is 1.64. The molecule has 5 rings (SSSR count). The average molecular weight is 497 g/mol. The van der Waals surface area contributed by atoms with E-state index in [9.17, 15) is 4.39 Å². The van der Waals surface area contributed by atoms with E-state index < -0.39 is 5.82 Å². The molecule has 0 spiro atoms. The number of piperidine rings is 1. The van der Waals surface area contributed by atoms with Crippen molar-refractivity contribution in [3.63, 3.8) is 0 Å². The SMILES string of the molecule is CC1CC(C)CN(Cc2ccc(Nc3nc4ncnc(Nc5ccc(F)c(Cl)c5)c4s3)cc2)C1. The number of hydrogen-bond acceptors (Lipinski definition) is 7. The Morgan fingerprint density at radius 1 is 1.03 bits per heavy atom. The van der Waals surface area contributed by atoms with Crippen LogP contribution in [0.4, 0.5) is 26.7 Å². The van der Waals surface area contributed by atoms with Crippen molar-refractivity contribution in [3.05, 3.63) is 65.2 Å². The molecule has 0 saturated carbocycles.